The van der Waals surface area contributed by atoms with Crippen molar-refractivity contribution in [1.29, 1.82) is 0 Å². The fraction of sp³-hybridized carbons (Fsp3) is 0.278. The smallest absolute Gasteiger partial charge is 0.255 e. The SMILES string of the molecule is Cc1ccc(C(=O)Nc2cc3c(cc2Cl)OCCCO3)cc1C. The minimum absolute atomic E-state index is 0.204. The van der Waals surface area contributed by atoms with Gasteiger partial charge in [-0.15, -0.1) is 0 Å². The van der Waals surface area contributed by atoms with Crippen molar-refractivity contribution in [1.82, 2.24) is 0 Å². The van der Waals surface area contributed by atoms with Gasteiger partial charge in [0.2, 0.25) is 0 Å². The van der Waals surface area contributed by atoms with Crippen LogP contribution in [0.3, 0.4) is 0 Å². The molecule has 0 aliphatic carbocycles. The third kappa shape index (κ3) is 3.42. The molecule has 0 saturated heterocycles. The number of rotatable bonds is 2. The molecule has 0 atom stereocenters. The summed E-state index contributed by atoms with van der Waals surface area (Å²) in [5.41, 5.74) is 3.33. The van der Waals surface area contributed by atoms with E-state index in [0.29, 0.717) is 41.0 Å². The lowest BCUT2D eigenvalue weighted by molar-refractivity contribution is 0.102. The van der Waals surface area contributed by atoms with E-state index in [1.54, 1.807) is 18.2 Å². The lowest BCUT2D eigenvalue weighted by atomic mass is 10.1. The van der Waals surface area contributed by atoms with Gasteiger partial charge in [-0.05, 0) is 37.1 Å². The summed E-state index contributed by atoms with van der Waals surface area (Å²) < 4.78 is 11.2. The van der Waals surface area contributed by atoms with E-state index >= 15 is 0 Å². The molecule has 3 rings (SSSR count). The number of halogens is 1. The number of hydrogen-bond donors (Lipinski definition) is 1. The molecular weight excluding hydrogens is 314 g/mol. The fourth-order valence-electron chi connectivity index (χ4n) is 2.36. The molecule has 0 fully saturated rings. The summed E-state index contributed by atoms with van der Waals surface area (Å²) in [6.07, 6.45) is 0.816. The maximum absolute atomic E-state index is 12.4. The van der Waals surface area contributed by atoms with Crippen LogP contribution in [0.25, 0.3) is 0 Å². The third-order valence-corrected chi connectivity index (χ3v) is 4.17. The number of hydrogen-bond acceptors (Lipinski definition) is 3. The highest BCUT2D eigenvalue weighted by Crippen LogP contribution is 2.37. The number of ether oxygens (including phenoxy) is 2. The summed E-state index contributed by atoms with van der Waals surface area (Å²) in [6, 6.07) is 8.98. The number of nitrogens with one attached hydrogen (secondary N) is 1. The maximum Gasteiger partial charge on any atom is 0.255 e. The zero-order valence-electron chi connectivity index (χ0n) is 13.1. The number of anilines is 1. The monoisotopic (exact) mass is 331 g/mol. The first-order valence-corrected chi connectivity index (χ1v) is 7.90. The van der Waals surface area contributed by atoms with Crippen LogP contribution in [0.4, 0.5) is 5.69 Å². The second-order valence-corrected chi connectivity index (χ2v) is 5.99. The molecule has 0 spiro atoms. The Morgan fingerprint density at radius 1 is 1.04 bits per heavy atom. The van der Waals surface area contributed by atoms with Gasteiger partial charge in [-0.2, -0.15) is 0 Å². The van der Waals surface area contributed by atoms with Crippen LogP contribution < -0.4 is 14.8 Å². The molecule has 2 aromatic rings. The zero-order chi connectivity index (χ0) is 16.4. The summed E-state index contributed by atoms with van der Waals surface area (Å²) in [5.74, 6) is 1.00. The van der Waals surface area contributed by atoms with E-state index in [9.17, 15) is 4.79 Å². The maximum atomic E-state index is 12.4. The van der Waals surface area contributed by atoms with Gasteiger partial charge in [-0.1, -0.05) is 17.7 Å². The molecule has 1 aliphatic rings. The van der Waals surface area contributed by atoms with Crippen molar-refractivity contribution >= 4 is 23.2 Å². The Hall–Kier alpha value is -2.20. The van der Waals surface area contributed by atoms with Crippen molar-refractivity contribution < 1.29 is 14.3 Å². The van der Waals surface area contributed by atoms with E-state index in [2.05, 4.69) is 5.32 Å². The first kappa shape index (κ1) is 15.7. The quantitative estimate of drug-likeness (QED) is 0.888. The van der Waals surface area contributed by atoms with Crippen LogP contribution in [0.5, 0.6) is 11.5 Å². The average Bonchev–Trinajstić information content (AvgIpc) is 2.75. The highest BCUT2D eigenvalue weighted by Gasteiger charge is 2.16. The predicted molar refractivity (Wildman–Crippen MR) is 90.9 cm³/mol. The second kappa shape index (κ2) is 6.50. The molecule has 2 aromatic carbocycles. The molecule has 5 heteroatoms. The molecule has 4 nitrogen and oxygen atoms in total. The standard InChI is InChI=1S/C18H18ClNO3/c1-11-4-5-13(8-12(11)2)18(21)20-15-10-17-16(9-14(15)19)22-6-3-7-23-17/h4-5,8-10H,3,6-7H2,1-2H3,(H,20,21). The predicted octanol–water partition coefficient (Wildman–Crippen LogP) is 4.37. The molecule has 23 heavy (non-hydrogen) atoms. The van der Waals surface area contributed by atoms with Gasteiger partial charge in [-0.3, -0.25) is 4.79 Å². The Labute approximate surface area is 140 Å². The fourth-order valence-corrected chi connectivity index (χ4v) is 2.56. The molecule has 0 aromatic heterocycles. The van der Waals surface area contributed by atoms with Gasteiger partial charge >= 0.3 is 0 Å². The first-order chi connectivity index (χ1) is 11.0. The van der Waals surface area contributed by atoms with Gasteiger partial charge in [-0.25, -0.2) is 0 Å². The largest absolute Gasteiger partial charge is 0.490 e. The van der Waals surface area contributed by atoms with E-state index in [-0.39, 0.29) is 5.91 Å². The third-order valence-electron chi connectivity index (χ3n) is 3.85. The first-order valence-electron chi connectivity index (χ1n) is 7.52. The molecule has 1 aliphatic heterocycles. The Kier molecular flexibility index (Phi) is 4.44. The highest BCUT2D eigenvalue weighted by atomic mass is 35.5. The lowest BCUT2D eigenvalue weighted by Crippen LogP contribution is -2.12. The van der Waals surface area contributed by atoms with Crippen LogP contribution >= 0.6 is 11.6 Å². The normalized spacial score (nSPS) is 13.3. The van der Waals surface area contributed by atoms with Crippen LogP contribution in [-0.2, 0) is 0 Å². The van der Waals surface area contributed by atoms with Crippen LogP contribution in [0, 0.1) is 13.8 Å². The van der Waals surface area contributed by atoms with Gasteiger partial charge in [0.1, 0.15) is 0 Å². The number of fused-ring (bicyclic) bond motifs is 1. The number of carbonyl (C=O) groups excluding carboxylic acids is 1. The van der Waals surface area contributed by atoms with Crippen molar-refractivity contribution in [3.63, 3.8) is 0 Å². The van der Waals surface area contributed by atoms with Crippen molar-refractivity contribution in [3.05, 3.63) is 52.0 Å². The Morgan fingerprint density at radius 2 is 1.74 bits per heavy atom. The molecule has 0 radical (unpaired) electrons. The van der Waals surface area contributed by atoms with Crippen LogP contribution in [-0.4, -0.2) is 19.1 Å². The van der Waals surface area contributed by atoms with E-state index in [1.165, 1.54) is 0 Å². The second-order valence-electron chi connectivity index (χ2n) is 5.58. The number of benzene rings is 2. The van der Waals surface area contributed by atoms with Gasteiger partial charge in [0.25, 0.3) is 5.91 Å². The minimum Gasteiger partial charge on any atom is -0.490 e. The van der Waals surface area contributed by atoms with Gasteiger partial charge in [0.05, 0.1) is 23.9 Å². The summed E-state index contributed by atoms with van der Waals surface area (Å²) in [5, 5.41) is 3.26. The minimum atomic E-state index is -0.204. The van der Waals surface area contributed by atoms with E-state index in [0.717, 1.165) is 17.5 Å². The molecule has 120 valence electrons. The summed E-state index contributed by atoms with van der Waals surface area (Å²) >= 11 is 6.25. The van der Waals surface area contributed by atoms with Gasteiger partial charge < -0.3 is 14.8 Å². The van der Waals surface area contributed by atoms with Gasteiger partial charge in [0, 0.05) is 24.1 Å². The zero-order valence-corrected chi connectivity index (χ0v) is 13.9. The molecule has 1 heterocycles. The Balaban J connectivity index is 1.85. The number of carbonyl (C=O) groups is 1. The van der Waals surface area contributed by atoms with E-state index in [1.807, 2.05) is 26.0 Å². The van der Waals surface area contributed by atoms with Gasteiger partial charge in [0.15, 0.2) is 11.5 Å². The van der Waals surface area contributed by atoms with Crippen molar-refractivity contribution in [2.75, 3.05) is 18.5 Å². The molecule has 1 amide bonds. The molecule has 0 bridgehead atoms. The summed E-state index contributed by atoms with van der Waals surface area (Å²) in [4.78, 5) is 12.4. The number of amides is 1. The van der Waals surface area contributed by atoms with E-state index < -0.39 is 0 Å². The Morgan fingerprint density at radius 3 is 2.43 bits per heavy atom. The lowest BCUT2D eigenvalue weighted by Gasteiger charge is -2.13. The molecular formula is C18H18ClNO3. The van der Waals surface area contributed by atoms with E-state index in [4.69, 9.17) is 21.1 Å². The Bertz CT molecular complexity index is 758. The summed E-state index contributed by atoms with van der Waals surface area (Å²) in [7, 11) is 0. The topological polar surface area (TPSA) is 47.6 Å². The number of aryl methyl sites for hydroxylation is 2. The van der Waals surface area contributed by atoms with Crippen LogP contribution in [0.2, 0.25) is 5.02 Å². The molecule has 0 unspecified atom stereocenters. The molecule has 0 saturated carbocycles. The highest BCUT2D eigenvalue weighted by molar-refractivity contribution is 6.34. The molecule has 1 N–H and O–H groups in total. The van der Waals surface area contributed by atoms with Crippen LogP contribution in [0.15, 0.2) is 30.3 Å². The van der Waals surface area contributed by atoms with Crippen molar-refractivity contribution in [2.45, 2.75) is 20.3 Å². The average molecular weight is 332 g/mol. The van der Waals surface area contributed by atoms with Crippen LogP contribution in [0.1, 0.15) is 27.9 Å². The summed E-state index contributed by atoms with van der Waals surface area (Å²) in [6.45, 7) is 5.17. The van der Waals surface area contributed by atoms with Crippen molar-refractivity contribution in [2.24, 2.45) is 0 Å². The van der Waals surface area contributed by atoms with Crippen molar-refractivity contribution in [3.8, 4) is 11.5 Å².